The molecule has 0 aromatic carbocycles. The molecule has 0 amide bonds. The van der Waals surface area contributed by atoms with Gasteiger partial charge in [-0.2, -0.15) is 0 Å². The normalized spacial score (nSPS) is 17.6. The maximum Gasteiger partial charge on any atom is 0.160 e. The Labute approximate surface area is 75.1 Å². The van der Waals surface area contributed by atoms with Gasteiger partial charge >= 0.3 is 0 Å². The first-order valence-corrected chi connectivity index (χ1v) is 3.74. The van der Waals surface area contributed by atoms with Gasteiger partial charge in [-0.05, 0) is 19.1 Å². The van der Waals surface area contributed by atoms with Crippen LogP contribution in [0.4, 0.5) is 0 Å². The van der Waals surface area contributed by atoms with Crippen molar-refractivity contribution in [2.24, 2.45) is 0 Å². The summed E-state index contributed by atoms with van der Waals surface area (Å²) in [6.45, 7) is 1.31. The standard InChI is InChI=1S/C9H10O4/c1-5(10)6-2-7(11)4-9(13)8(12)3-6/h2-3,11-13H,4H2,1H3. The maximum atomic E-state index is 10.9. The summed E-state index contributed by atoms with van der Waals surface area (Å²) in [6.07, 6.45) is 2.20. The van der Waals surface area contributed by atoms with Crippen LogP contribution in [-0.2, 0) is 4.79 Å². The number of carbonyl (C=O) groups excluding carboxylic acids is 1. The Kier molecular flexibility index (Phi) is 2.41. The molecule has 0 heterocycles. The van der Waals surface area contributed by atoms with E-state index in [-0.39, 0.29) is 35.1 Å². The average molecular weight is 182 g/mol. The van der Waals surface area contributed by atoms with Crippen LogP contribution < -0.4 is 0 Å². The predicted octanol–water partition coefficient (Wildman–Crippen LogP) is 1.68. The molecule has 0 aromatic rings. The van der Waals surface area contributed by atoms with E-state index in [2.05, 4.69) is 0 Å². The highest BCUT2D eigenvalue weighted by atomic mass is 16.3. The van der Waals surface area contributed by atoms with Gasteiger partial charge in [-0.15, -0.1) is 0 Å². The molecule has 0 aliphatic heterocycles. The highest BCUT2D eigenvalue weighted by molar-refractivity contribution is 5.96. The number of hydrogen-bond donors (Lipinski definition) is 3. The summed E-state index contributed by atoms with van der Waals surface area (Å²) in [5.41, 5.74) is 0.166. The second-order valence-corrected chi connectivity index (χ2v) is 2.80. The Hall–Kier alpha value is -1.71. The number of aliphatic hydroxyl groups is 3. The fourth-order valence-electron chi connectivity index (χ4n) is 0.968. The number of hydrogen-bond acceptors (Lipinski definition) is 4. The molecule has 0 aromatic heterocycles. The van der Waals surface area contributed by atoms with E-state index < -0.39 is 0 Å². The molecule has 0 radical (unpaired) electrons. The number of carbonyl (C=O) groups is 1. The van der Waals surface area contributed by atoms with Crippen molar-refractivity contribution in [2.45, 2.75) is 13.3 Å². The topological polar surface area (TPSA) is 77.8 Å². The zero-order chi connectivity index (χ0) is 10.0. The van der Waals surface area contributed by atoms with Crippen molar-refractivity contribution in [3.05, 3.63) is 35.0 Å². The van der Waals surface area contributed by atoms with Crippen LogP contribution in [0.5, 0.6) is 0 Å². The highest BCUT2D eigenvalue weighted by Gasteiger charge is 2.12. The van der Waals surface area contributed by atoms with Crippen molar-refractivity contribution >= 4 is 5.78 Å². The lowest BCUT2D eigenvalue weighted by atomic mass is 10.1. The number of Topliss-reactive ketones (excluding diaryl/α,β-unsaturated/α-hetero) is 1. The minimum Gasteiger partial charge on any atom is -0.512 e. The number of allylic oxidation sites excluding steroid dienone is 3. The Morgan fingerprint density at radius 3 is 2.46 bits per heavy atom. The van der Waals surface area contributed by atoms with Gasteiger partial charge in [0.25, 0.3) is 0 Å². The molecule has 0 unspecified atom stereocenters. The van der Waals surface area contributed by atoms with Gasteiger partial charge in [0.15, 0.2) is 11.5 Å². The van der Waals surface area contributed by atoms with E-state index in [0.29, 0.717) is 0 Å². The number of rotatable bonds is 1. The first-order chi connectivity index (χ1) is 6.00. The molecule has 4 heteroatoms. The van der Waals surface area contributed by atoms with Gasteiger partial charge in [0.1, 0.15) is 11.5 Å². The van der Waals surface area contributed by atoms with Crippen LogP contribution >= 0.6 is 0 Å². The van der Waals surface area contributed by atoms with Crippen LogP contribution in [-0.4, -0.2) is 21.1 Å². The monoisotopic (exact) mass is 182 g/mol. The van der Waals surface area contributed by atoms with Gasteiger partial charge in [-0.1, -0.05) is 0 Å². The fourth-order valence-corrected chi connectivity index (χ4v) is 0.968. The Balaban J connectivity index is 3.15. The zero-order valence-corrected chi connectivity index (χ0v) is 7.11. The SMILES string of the molecule is CC(=O)C1=CC(O)=C(O)CC(O)=C1. The van der Waals surface area contributed by atoms with E-state index >= 15 is 0 Å². The van der Waals surface area contributed by atoms with Gasteiger partial charge in [0, 0.05) is 5.57 Å². The third kappa shape index (κ3) is 2.11. The summed E-state index contributed by atoms with van der Waals surface area (Å²) < 4.78 is 0. The van der Waals surface area contributed by atoms with Crippen molar-refractivity contribution in [3.8, 4) is 0 Å². The third-order valence-electron chi connectivity index (χ3n) is 1.67. The van der Waals surface area contributed by atoms with Gasteiger partial charge in [0.05, 0.1) is 6.42 Å². The molecule has 1 aliphatic rings. The lowest BCUT2D eigenvalue weighted by molar-refractivity contribution is -0.113. The van der Waals surface area contributed by atoms with E-state index in [0.717, 1.165) is 6.08 Å². The summed E-state index contributed by atoms with van der Waals surface area (Å²) >= 11 is 0. The van der Waals surface area contributed by atoms with Crippen molar-refractivity contribution in [2.75, 3.05) is 0 Å². The molecule has 0 saturated carbocycles. The van der Waals surface area contributed by atoms with Gasteiger partial charge < -0.3 is 15.3 Å². The maximum absolute atomic E-state index is 10.9. The summed E-state index contributed by atoms with van der Waals surface area (Å²) in [5, 5.41) is 27.4. The van der Waals surface area contributed by atoms with Gasteiger partial charge in [-0.3, -0.25) is 4.79 Å². The van der Waals surface area contributed by atoms with E-state index in [1.165, 1.54) is 13.0 Å². The molecule has 1 rings (SSSR count). The molecule has 0 atom stereocenters. The van der Waals surface area contributed by atoms with Crippen LogP contribution in [0.2, 0.25) is 0 Å². The van der Waals surface area contributed by atoms with Crippen molar-refractivity contribution in [3.63, 3.8) is 0 Å². The third-order valence-corrected chi connectivity index (χ3v) is 1.67. The largest absolute Gasteiger partial charge is 0.512 e. The lowest BCUT2D eigenvalue weighted by Gasteiger charge is -1.96. The first kappa shape index (κ1) is 9.38. The molecule has 4 nitrogen and oxygen atoms in total. The van der Waals surface area contributed by atoms with Crippen LogP contribution in [0, 0.1) is 0 Å². The molecule has 3 N–H and O–H groups in total. The zero-order valence-electron chi connectivity index (χ0n) is 7.11. The van der Waals surface area contributed by atoms with Crippen LogP contribution in [0.1, 0.15) is 13.3 Å². The summed E-state index contributed by atoms with van der Waals surface area (Å²) in [7, 11) is 0. The molecule has 13 heavy (non-hydrogen) atoms. The van der Waals surface area contributed by atoms with Crippen LogP contribution in [0.25, 0.3) is 0 Å². The van der Waals surface area contributed by atoms with Crippen LogP contribution in [0.3, 0.4) is 0 Å². The molecule has 0 saturated heterocycles. The number of ketones is 1. The van der Waals surface area contributed by atoms with E-state index in [1.807, 2.05) is 0 Å². The van der Waals surface area contributed by atoms with Crippen molar-refractivity contribution in [1.29, 1.82) is 0 Å². The molecule has 1 aliphatic carbocycles. The van der Waals surface area contributed by atoms with Crippen LogP contribution in [0.15, 0.2) is 35.0 Å². The van der Waals surface area contributed by atoms with E-state index in [1.54, 1.807) is 0 Å². The molecular weight excluding hydrogens is 172 g/mol. The molecular formula is C9H10O4. The predicted molar refractivity (Wildman–Crippen MR) is 46.4 cm³/mol. The van der Waals surface area contributed by atoms with E-state index in [4.69, 9.17) is 15.3 Å². The second-order valence-electron chi connectivity index (χ2n) is 2.80. The fraction of sp³-hybridized carbons (Fsp3) is 0.222. The Morgan fingerprint density at radius 2 is 1.92 bits per heavy atom. The Bertz CT molecular complexity index is 334. The molecule has 0 spiro atoms. The summed E-state index contributed by atoms with van der Waals surface area (Å²) in [6, 6.07) is 0. The molecule has 0 bridgehead atoms. The minimum absolute atomic E-state index is 0.150. The molecule has 0 fully saturated rings. The average Bonchev–Trinajstić information content (AvgIpc) is 2.12. The first-order valence-electron chi connectivity index (χ1n) is 3.74. The minimum atomic E-state index is -0.384. The lowest BCUT2D eigenvalue weighted by Crippen LogP contribution is -1.94. The van der Waals surface area contributed by atoms with Gasteiger partial charge in [0.2, 0.25) is 0 Å². The quantitative estimate of drug-likeness (QED) is 0.576. The molecule has 70 valence electrons. The smallest absolute Gasteiger partial charge is 0.160 e. The van der Waals surface area contributed by atoms with Gasteiger partial charge in [-0.25, -0.2) is 0 Å². The summed E-state index contributed by atoms with van der Waals surface area (Å²) in [5.74, 6) is -1.16. The highest BCUT2D eigenvalue weighted by Crippen LogP contribution is 2.18. The second kappa shape index (κ2) is 3.35. The van der Waals surface area contributed by atoms with Crippen molar-refractivity contribution in [1.82, 2.24) is 0 Å². The van der Waals surface area contributed by atoms with Crippen molar-refractivity contribution < 1.29 is 20.1 Å². The van der Waals surface area contributed by atoms with E-state index in [9.17, 15) is 4.79 Å². The summed E-state index contributed by atoms with van der Waals surface area (Å²) in [4.78, 5) is 10.9. The number of aliphatic hydroxyl groups excluding tert-OH is 3. The Morgan fingerprint density at radius 1 is 1.31 bits per heavy atom.